The van der Waals surface area contributed by atoms with Crippen molar-refractivity contribution in [2.24, 2.45) is 35.0 Å². The van der Waals surface area contributed by atoms with E-state index in [-0.39, 0.29) is 11.0 Å². The van der Waals surface area contributed by atoms with Crippen molar-refractivity contribution >= 4 is 5.78 Å². The molecule has 0 bridgehead atoms. The summed E-state index contributed by atoms with van der Waals surface area (Å²) in [4.78, 5) is 12.0. The Morgan fingerprint density at radius 2 is 2.11 bits per heavy atom. The van der Waals surface area contributed by atoms with E-state index in [9.17, 15) is 4.79 Å². The second kappa shape index (κ2) is 6.08. The Balaban J connectivity index is 1.54. The van der Waals surface area contributed by atoms with E-state index < -0.39 is 0 Å². The molecule has 27 heavy (non-hydrogen) atoms. The number of carbonyl (C=O) groups is 1. The molecule has 3 saturated carbocycles. The standard InChI is InChI=1S/C25H32O2/c1-4-17-15-24(3)22(11-12-25(24)16(2)6-5-13-27-25)21-9-7-18-14-19(26)8-10-20(18)23(17)21/h1,14,17,20-23H,2,5-13,15H2,3H3/t17-,20-,21-,22-,23+,24-,25+/m0/s1. The molecule has 5 rings (SSSR count). The summed E-state index contributed by atoms with van der Waals surface area (Å²) in [5.74, 6) is 6.31. The predicted octanol–water partition coefficient (Wildman–Crippen LogP) is 5.09. The number of rotatable bonds is 0. The fraction of sp³-hybridized carbons (Fsp3) is 0.720. The minimum Gasteiger partial charge on any atom is -0.370 e. The van der Waals surface area contributed by atoms with Crippen LogP contribution in [0.25, 0.3) is 0 Å². The van der Waals surface area contributed by atoms with Crippen LogP contribution in [-0.2, 0) is 9.53 Å². The van der Waals surface area contributed by atoms with E-state index in [1.54, 1.807) is 0 Å². The van der Waals surface area contributed by atoms with Gasteiger partial charge in [-0.25, -0.2) is 0 Å². The summed E-state index contributed by atoms with van der Waals surface area (Å²) in [5.41, 5.74) is 2.71. The lowest BCUT2D eigenvalue weighted by Gasteiger charge is -2.59. The van der Waals surface area contributed by atoms with Gasteiger partial charge in [-0.2, -0.15) is 0 Å². The maximum absolute atomic E-state index is 12.0. The fourth-order valence-corrected chi connectivity index (χ4v) is 8.12. The summed E-state index contributed by atoms with van der Waals surface area (Å²) in [6.07, 6.45) is 17.8. The van der Waals surface area contributed by atoms with Gasteiger partial charge in [0, 0.05) is 24.4 Å². The van der Waals surface area contributed by atoms with Crippen molar-refractivity contribution in [1.29, 1.82) is 0 Å². The van der Waals surface area contributed by atoms with E-state index in [1.165, 1.54) is 24.0 Å². The van der Waals surface area contributed by atoms with Crippen LogP contribution in [0.4, 0.5) is 0 Å². The van der Waals surface area contributed by atoms with Crippen LogP contribution in [0, 0.1) is 47.3 Å². The van der Waals surface area contributed by atoms with Crippen molar-refractivity contribution in [3.8, 4) is 12.3 Å². The molecule has 144 valence electrons. The van der Waals surface area contributed by atoms with Gasteiger partial charge in [0.05, 0.1) is 5.60 Å². The van der Waals surface area contributed by atoms with E-state index in [0.717, 1.165) is 45.1 Å². The second-order valence-corrected chi connectivity index (χ2v) is 10.0. The molecular weight excluding hydrogens is 332 g/mol. The number of hydrogen-bond acceptors (Lipinski definition) is 2. The van der Waals surface area contributed by atoms with Gasteiger partial charge in [0.2, 0.25) is 0 Å². The van der Waals surface area contributed by atoms with Gasteiger partial charge in [-0.1, -0.05) is 19.1 Å². The summed E-state index contributed by atoms with van der Waals surface area (Å²) in [6, 6.07) is 0. The molecule has 2 heteroatoms. The molecule has 4 fully saturated rings. The van der Waals surface area contributed by atoms with Crippen LogP contribution in [0.3, 0.4) is 0 Å². The van der Waals surface area contributed by atoms with Gasteiger partial charge in [0.25, 0.3) is 0 Å². The Morgan fingerprint density at radius 3 is 2.89 bits per heavy atom. The van der Waals surface area contributed by atoms with E-state index >= 15 is 0 Å². The van der Waals surface area contributed by atoms with Crippen molar-refractivity contribution in [3.05, 3.63) is 23.8 Å². The third-order valence-electron chi connectivity index (χ3n) is 9.18. The second-order valence-electron chi connectivity index (χ2n) is 10.0. The first-order valence-electron chi connectivity index (χ1n) is 11.0. The molecule has 1 spiro atoms. The van der Waals surface area contributed by atoms with Crippen LogP contribution in [0.2, 0.25) is 0 Å². The molecule has 0 aromatic carbocycles. The summed E-state index contributed by atoms with van der Waals surface area (Å²) in [6.45, 7) is 7.83. The quantitative estimate of drug-likeness (QED) is 0.442. The molecule has 0 unspecified atom stereocenters. The lowest BCUT2D eigenvalue weighted by atomic mass is 9.47. The zero-order valence-electron chi connectivity index (χ0n) is 16.6. The maximum atomic E-state index is 12.0. The molecule has 0 radical (unpaired) electrons. The van der Waals surface area contributed by atoms with Crippen molar-refractivity contribution in [1.82, 2.24) is 0 Å². The van der Waals surface area contributed by atoms with Crippen LogP contribution >= 0.6 is 0 Å². The molecule has 1 heterocycles. The Bertz CT molecular complexity index is 755. The third kappa shape index (κ3) is 2.27. The largest absolute Gasteiger partial charge is 0.370 e. The van der Waals surface area contributed by atoms with Crippen LogP contribution < -0.4 is 0 Å². The zero-order chi connectivity index (χ0) is 18.8. The van der Waals surface area contributed by atoms with Crippen LogP contribution in [0.1, 0.15) is 64.7 Å². The first-order valence-corrected chi connectivity index (χ1v) is 11.0. The number of carbonyl (C=O) groups excluding carboxylic acids is 1. The summed E-state index contributed by atoms with van der Waals surface area (Å²) in [7, 11) is 0. The van der Waals surface area contributed by atoms with E-state index in [1.807, 2.05) is 6.08 Å². The summed E-state index contributed by atoms with van der Waals surface area (Å²) < 4.78 is 6.58. The normalized spacial score (nSPS) is 49.0. The van der Waals surface area contributed by atoms with Crippen molar-refractivity contribution < 1.29 is 9.53 Å². The smallest absolute Gasteiger partial charge is 0.155 e. The Kier molecular flexibility index (Phi) is 4.00. The highest BCUT2D eigenvalue weighted by Gasteiger charge is 2.66. The molecule has 7 atom stereocenters. The van der Waals surface area contributed by atoms with Gasteiger partial charge < -0.3 is 4.74 Å². The highest BCUT2D eigenvalue weighted by Crippen LogP contribution is 2.69. The average molecular weight is 365 g/mol. The number of allylic oxidation sites excluding steroid dienone is 1. The Morgan fingerprint density at radius 1 is 1.26 bits per heavy atom. The first-order chi connectivity index (χ1) is 13.0. The monoisotopic (exact) mass is 364 g/mol. The van der Waals surface area contributed by atoms with Crippen LogP contribution in [-0.4, -0.2) is 18.0 Å². The Labute approximate surface area is 163 Å². The number of hydrogen-bond donors (Lipinski definition) is 0. The number of ether oxygens (including phenoxy) is 1. The molecule has 5 aliphatic rings. The molecule has 0 amide bonds. The Hall–Kier alpha value is -1.33. The number of terminal acetylenes is 1. The van der Waals surface area contributed by atoms with Crippen LogP contribution in [0.5, 0.6) is 0 Å². The fourth-order valence-electron chi connectivity index (χ4n) is 8.12. The predicted molar refractivity (Wildman–Crippen MR) is 107 cm³/mol. The third-order valence-corrected chi connectivity index (χ3v) is 9.18. The van der Waals surface area contributed by atoms with Gasteiger partial charge in [-0.15, -0.1) is 12.3 Å². The van der Waals surface area contributed by atoms with E-state index in [2.05, 4.69) is 19.4 Å². The minimum absolute atomic E-state index is 0.119. The molecule has 1 aliphatic heterocycles. The van der Waals surface area contributed by atoms with Crippen molar-refractivity contribution in [3.63, 3.8) is 0 Å². The zero-order valence-corrected chi connectivity index (χ0v) is 16.6. The van der Waals surface area contributed by atoms with Crippen molar-refractivity contribution in [2.75, 3.05) is 6.61 Å². The molecule has 4 aliphatic carbocycles. The summed E-state index contributed by atoms with van der Waals surface area (Å²) >= 11 is 0. The molecule has 1 saturated heterocycles. The number of fused-ring (bicyclic) bond motifs is 6. The van der Waals surface area contributed by atoms with Gasteiger partial charge in [0.1, 0.15) is 0 Å². The van der Waals surface area contributed by atoms with Crippen LogP contribution in [0.15, 0.2) is 23.8 Å². The molecule has 0 aromatic rings. The summed E-state index contributed by atoms with van der Waals surface area (Å²) in [5, 5.41) is 0. The molecular formula is C25H32O2. The maximum Gasteiger partial charge on any atom is 0.155 e. The highest BCUT2D eigenvalue weighted by molar-refractivity contribution is 5.91. The van der Waals surface area contributed by atoms with Gasteiger partial charge in [0.15, 0.2) is 5.78 Å². The van der Waals surface area contributed by atoms with E-state index in [4.69, 9.17) is 11.2 Å². The van der Waals surface area contributed by atoms with Crippen molar-refractivity contribution in [2.45, 2.75) is 70.3 Å². The van der Waals surface area contributed by atoms with Gasteiger partial charge in [-0.05, 0) is 86.7 Å². The molecule has 0 aromatic heterocycles. The minimum atomic E-state index is -0.144. The SMILES string of the molecule is C#C[C@H]1C[C@@]2(C)[C@@H](CC[C@]23OCCCC3=C)[C@@H]2CCC3=CC(=O)CC[C@@H]3[C@H]21. The molecule has 2 nitrogen and oxygen atoms in total. The van der Waals surface area contributed by atoms with Gasteiger partial charge >= 0.3 is 0 Å². The van der Waals surface area contributed by atoms with E-state index in [0.29, 0.717) is 41.8 Å². The topological polar surface area (TPSA) is 26.3 Å². The lowest BCUT2D eigenvalue weighted by Crippen LogP contribution is -2.57. The van der Waals surface area contributed by atoms with Gasteiger partial charge in [-0.3, -0.25) is 4.79 Å². The number of ketones is 1. The average Bonchev–Trinajstić information content (AvgIpc) is 2.96. The first kappa shape index (κ1) is 17.7. The molecule has 0 N–H and O–H groups in total. The lowest BCUT2D eigenvalue weighted by molar-refractivity contribution is -0.152. The highest BCUT2D eigenvalue weighted by atomic mass is 16.5.